The minimum absolute atomic E-state index is 0.0201. The molecular formula is C19H32N2O9. The van der Waals surface area contributed by atoms with Gasteiger partial charge in [0.15, 0.2) is 17.2 Å². The summed E-state index contributed by atoms with van der Waals surface area (Å²) in [5.74, 6) is -1.32. The molecule has 2 N–H and O–H groups in total. The van der Waals surface area contributed by atoms with Crippen LogP contribution in [0.25, 0.3) is 0 Å². The predicted molar refractivity (Wildman–Crippen MR) is 107 cm³/mol. The van der Waals surface area contributed by atoms with Gasteiger partial charge in [-0.05, 0) is 6.92 Å². The van der Waals surface area contributed by atoms with E-state index in [1.165, 1.54) is 26.5 Å². The molecule has 0 bridgehead atoms. The van der Waals surface area contributed by atoms with Crippen molar-refractivity contribution >= 4 is 17.8 Å². The van der Waals surface area contributed by atoms with Gasteiger partial charge in [0, 0.05) is 26.0 Å². The predicted octanol–water partition coefficient (Wildman–Crippen LogP) is 1.33. The van der Waals surface area contributed by atoms with Crippen LogP contribution in [0.2, 0.25) is 0 Å². The lowest BCUT2D eigenvalue weighted by molar-refractivity contribution is -0.155. The van der Waals surface area contributed by atoms with Crippen LogP contribution in [0.1, 0.15) is 37.7 Å². The smallest absolute Gasteiger partial charge is 0.334 e. The van der Waals surface area contributed by atoms with Crippen molar-refractivity contribution in [2.24, 2.45) is 5.73 Å². The summed E-state index contributed by atoms with van der Waals surface area (Å²) in [7, 11) is 4.30. The van der Waals surface area contributed by atoms with Gasteiger partial charge >= 0.3 is 11.9 Å². The summed E-state index contributed by atoms with van der Waals surface area (Å²) >= 11 is 0. The highest BCUT2D eigenvalue weighted by molar-refractivity contribution is 5.94. The average molecular weight is 432 g/mol. The highest BCUT2D eigenvalue weighted by Crippen LogP contribution is 2.29. The van der Waals surface area contributed by atoms with Crippen LogP contribution in [0.15, 0.2) is 12.3 Å². The second-order valence-electron chi connectivity index (χ2n) is 4.79. The molecule has 30 heavy (non-hydrogen) atoms. The van der Waals surface area contributed by atoms with Gasteiger partial charge in [-0.15, -0.1) is 0 Å². The van der Waals surface area contributed by atoms with Crippen LogP contribution in [0, 0.1) is 0 Å². The normalized spacial score (nSPS) is 9.13. The molecule has 0 saturated carbocycles. The fraction of sp³-hybridized carbons (Fsp3) is 0.579. The molecule has 1 heterocycles. The van der Waals surface area contributed by atoms with Crippen molar-refractivity contribution in [1.29, 1.82) is 0 Å². The molecular weight excluding hydrogens is 400 g/mol. The third-order valence-corrected chi connectivity index (χ3v) is 2.91. The highest BCUT2D eigenvalue weighted by atomic mass is 16.7. The quantitative estimate of drug-likeness (QED) is 0.401. The molecule has 0 saturated heterocycles. The number of pyridine rings is 1. The summed E-state index contributed by atoms with van der Waals surface area (Å²) in [6.07, 6.45) is 1.69. The molecule has 1 aromatic rings. The van der Waals surface area contributed by atoms with Gasteiger partial charge in [-0.25, -0.2) is 9.78 Å². The second kappa shape index (κ2) is 19.4. The van der Waals surface area contributed by atoms with Gasteiger partial charge < -0.3 is 34.2 Å². The number of primary amides is 1. The van der Waals surface area contributed by atoms with E-state index >= 15 is 0 Å². The van der Waals surface area contributed by atoms with Crippen LogP contribution in [0.5, 0.6) is 11.5 Å². The Morgan fingerprint density at radius 1 is 1.10 bits per heavy atom. The Morgan fingerprint density at radius 2 is 1.77 bits per heavy atom. The first-order valence-corrected chi connectivity index (χ1v) is 9.15. The van der Waals surface area contributed by atoms with E-state index in [0.717, 1.165) is 0 Å². The molecule has 0 radical (unpaired) electrons. The van der Waals surface area contributed by atoms with E-state index in [9.17, 15) is 14.4 Å². The molecule has 0 aliphatic rings. The largest absolute Gasteiger partial charge is 0.493 e. The third kappa shape index (κ3) is 13.3. The number of amides is 1. The lowest BCUT2D eigenvalue weighted by Gasteiger charge is -2.12. The van der Waals surface area contributed by atoms with E-state index in [2.05, 4.69) is 14.5 Å². The Balaban J connectivity index is 0. The monoisotopic (exact) mass is 432 g/mol. The number of esters is 2. The summed E-state index contributed by atoms with van der Waals surface area (Å²) in [5.41, 5.74) is 5.06. The SMILES string of the molecule is CC.CCOCC(=O)OCOc1c(OC)ccnc1C(N)=O.COCCC(=O)OC. The Labute approximate surface area is 176 Å². The maximum atomic E-state index is 11.2. The topological polar surface area (TPSA) is 146 Å². The lowest BCUT2D eigenvalue weighted by atomic mass is 10.3. The fourth-order valence-corrected chi connectivity index (χ4v) is 1.57. The lowest BCUT2D eigenvalue weighted by Crippen LogP contribution is -2.19. The van der Waals surface area contributed by atoms with Gasteiger partial charge in [-0.2, -0.15) is 0 Å². The number of methoxy groups -OCH3 is 3. The minimum Gasteiger partial charge on any atom is -0.493 e. The number of hydrogen-bond donors (Lipinski definition) is 1. The first-order chi connectivity index (χ1) is 14.4. The molecule has 0 atom stereocenters. The summed E-state index contributed by atoms with van der Waals surface area (Å²) in [5, 5.41) is 0. The van der Waals surface area contributed by atoms with Crippen molar-refractivity contribution in [1.82, 2.24) is 4.98 Å². The van der Waals surface area contributed by atoms with Crippen molar-refractivity contribution in [2.45, 2.75) is 27.2 Å². The Morgan fingerprint density at radius 3 is 2.27 bits per heavy atom. The zero-order chi connectivity index (χ0) is 23.4. The summed E-state index contributed by atoms with van der Waals surface area (Å²) in [4.78, 5) is 36.5. The maximum absolute atomic E-state index is 11.2. The summed E-state index contributed by atoms with van der Waals surface area (Å²) in [6.45, 7) is 6.01. The Hall–Kier alpha value is -2.92. The first kappa shape index (κ1) is 29.3. The fourth-order valence-electron chi connectivity index (χ4n) is 1.57. The van der Waals surface area contributed by atoms with E-state index in [4.69, 9.17) is 24.7 Å². The number of ether oxygens (including phenoxy) is 6. The molecule has 11 nitrogen and oxygen atoms in total. The maximum Gasteiger partial charge on any atom is 0.334 e. The molecule has 0 fully saturated rings. The van der Waals surface area contributed by atoms with Crippen molar-refractivity contribution in [3.05, 3.63) is 18.0 Å². The number of carbonyl (C=O) groups is 3. The number of hydrogen-bond acceptors (Lipinski definition) is 10. The van der Waals surface area contributed by atoms with Gasteiger partial charge in [0.25, 0.3) is 5.91 Å². The standard InChI is InChI=1S/C12H16N2O6.C5H10O3.C2H6/c1-3-18-6-9(15)19-7-20-11-8(17-2)4-5-14-10(11)12(13)16;1-7-4-3-5(6)8-2;1-2/h4-5H,3,6-7H2,1-2H3,(H2,13,16);3-4H2,1-2H3;1-2H3. The minimum atomic E-state index is -0.778. The molecule has 1 amide bonds. The number of carbonyl (C=O) groups excluding carboxylic acids is 3. The molecule has 0 aromatic carbocycles. The third-order valence-electron chi connectivity index (χ3n) is 2.91. The van der Waals surface area contributed by atoms with E-state index in [-0.39, 0.29) is 29.8 Å². The van der Waals surface area contributed by atoms with E-state index in [0.29, 0.717) is 19.6 Å². The molecule has 0 aliphatic heterocycles. The van der Waals surface area contributed by atoms with Crippen molar-refractivity contribution < 1.29 is 42.8 Å². The average Bonchev–Trinajstić information content (AvgIpc) is 2.77. The van der Waals surface area contributed by atoms with E-state index in [1.807, 2.05) is 13.8 Å². The number of aromatic nitrogens is 1. The van der Waals surface area contributed by atoms with Crippen LogP contribution in [-0.2, 0) is 28.5 Å². The van der Waals surface area contributed by atoms with E-state index in [1.54, 1.807) is 14.0 Å². The summed E-state index contributed by atoms with van der Waals surface area (Å²) < 4.78 is 28.8. The molecule has 0 spiro atoms. The zero-order valence-corrected chi connectivity index (χ0v) is 18.4. The molecule has 1 rings (SSSR count). The first-order valence-electron chi connectivity index (χ1n) is 9.15. The van der Waals surface area contributed by atoms with Gasteiger partial charge in [-0.3, -0.25) is 9.59 Å². The van der Waals surface area contributed by atoms with E-state index < -0.39 is 18.7 Å². The van der Waals surface area contributed by atoms with Crippen LogP contribution < -0.4 is 15.2 Å². The number of nitrogens with zero attached hydrogens (tertiary/aromatic N) is 1. The molecule has 0 aliphatic carbocycles. The summed E-state index contributed by atoms with van der Waals surface area (Å²) in [6, 6.07) is 1.49. The number of rotatable bonds is 11. The van der Waals surface area contributed by atoms with Crippen LogP contribution >= 0.6 is 0 Å². The van der Waals surface area contributed by atoms with Gasteiger partial charge in [0.1, 0.15) is 6.61 Å². The van der Waals surface area contributed by atoms with Gasteiger partial charge in [0.2, 0.25) is 6.79 Å². The molecule has 1 aromatic heterocycles. The van der Waals surface area contributed by atoms with Gasteiger partial charge in [-0.1, -0.05) is 13.8 Å². The van der Waals surface area contributed by atoms with Crippen LogP contribution in [0.3, 0.4) is 0 Å². The van der Waals surface area contributed by atoms with Gasteiger partial charge in [0.05, 0.1) is 27.2 Å². The Kier molecular flexibility index (Phi) is 18.9. The van der Waals surface area contributed by atoms with Crippen LogP contribution in [0.4, 0.5) is 0 Å². The van der Waals surface area contributed by atoms with Crippen LogP contribution in [-0.4, -0.2) is 70.8 Å². The Bertz CT molecular complexity index is 624. The van der Waals surface area contributed by atoms with Crippen molar-refractivity contribution in [2.75, 3.05) is 47.9 Å². The zero-order valence-electron chi connectivity index (χ0n) is 18.4. The molecule has 0 unspecified atom stereocenters. The van der Waals surface area contributed by atoms with Crippen molar-refractivity contribution in [3.63, 3.8) is 0 Å². The highest BCUT2D eigenvalue weighted by Gasteiger charge is 2.17. The molecule has 172 valence electrons. The number of nitrogens with two attached hydrogens (primary N) is 1. The van der Waals surface area contributed by atoms with Crippen molar-refractivity contribution in [3.8, 4) is 11.5 Å². The second-order valence-corrected chi connectivity index (χ2v) is 4.79. The molecule has 11 heteroatoms.